The minimum Gasteiger partial charge on any atom is -0.399 e. The van der Waals surface area contributed by atoms with Crippen LogP contribution >= 0.6 is 0 Å². The van der Waals surface area contributed by atoms with E-state index in [0.717, 1.165) is 17.6 Å². The molecule has 1 aromatic heterocycles. The van der Waals surface area contributed by atoms with Crippen molar-refractivity contribution >= 4 is 16.7 Å². The van der Waals surface area contributed by atoms with Crippen LogP contribution in [-0.2, 0) is 13.2 Å². The van der Waals surface area contributed by atoms with Gasteiger partial charge in [0.15, 0.2) is 0 Å². The second-order valence-corrected chi connectivity index (χ2v) is 3.18. The number of aliphatic hydroxyl groups is 1. The average molecular weight is 191 g/mol. The van der Waals surface area contributed by atoms with Gasteiger partial charge in [0, 0.05) is 12.2 Å². The van der Waals surface area contributed by atoms with Crippen molar-refractivity contribution in [1.82, 2.24) is 9.55 Å². The number of aromatic nitrogens is 2. The van der Waals surface area contributed by atoms with Crippen molar-refractivity contribution in [2.24, 2.45) is 0 Å². The summed E-state index contributed by atoms with van der Waals surface area (Å²) in [6.45, 7) is 2.79. The van der Waals surface area contributed by atoms with Crippen molar-refractivity contribution in [3.8, 4) is 0 Å². The highest BCUT2D eigenvalue weighted by Gasteiger charge is 2.07. The van der Waals surface area contributed by atoms with Crippen molar-refractivity contribution in [2.45, 2.75) is 20.1 Å². The molecule has 0 bridgehead atoms. The molecule has 2 rings (SSSR count). The monoisotopic (exact) mass is 191 g/mol. The molecule has 0 fully saturated rings. The van der Waals surface area contributed by atoms with Gasteiger partial charge in [-0.25, -0.2) is 4.98 Å². The Bertz CT molecular complexity index is 462. The van der Waals surface area contributed by atoms with E-state index < -0.39 is 0 Å². The maximum Gasteiger partial charge on any atom is 0.135 e. The third-order valence-corrected chi connectivity index (χ3v) is 2.31. The van der Waals surface area contributed by atoms with Crippen LogP contribution in [0.25, 0.3) is 11.0 Å². The van der Waals surface area contributed by atoms with Crippen molar-refractivity contribution in [1.29, 1.82) is 0 Å². The Balaban J connectivity index is 2.73. The fourth-order valence-electron chi connectivity index (χ4n) is 1.67. The van der Waals surface area contributed by atoms with Crippen LogP contribution in [-0.4, -0.2) is 14.7 Å². The summed E-state index contributed by atoms with van der Waals surface area (Å²) in [6.07, 6.45) is 0. The quantitative estimate of drug-likeness (QED) is 0.699. The number of aryl methyl sites for hydroxylation is 1. The highest BCUT2D eigenvalue weighted by Crippen LogP contribution is 2.18. The number of hydrogen-bond acceptors (Lipinski definition) is 3. The Labute approximate surface area is 82.0 Å². The molecule has 0 aliphatic rings. The third kappa shape index (κ3) is 1.24. The van der Waals surface area contributed by atoms with Crippen LogP contribution in [0, 0.1) is 0 Å². The zero-order chi connectivity index (χ0) is 10.1. The van der Waals surface area contributed by atoms with Crippen LogP contribution in [0.15, 0.2) is 18.2 Å². The molecule has 0 saturated heterocycles. The highest BCUT2D eigenvalue weighted by atomic mass is 16.3. The maximum atomic E-state index is 9.11. The lowest BCUT2D eigenvalue weighted by molar-refractivity contribution is 0.266. The molecule has 0 atom stereocenters. The minimum absolute atomic E-state index is 0.0393. The van der Waals surface area contributed by atoms with Crippen molar-refractivity contribution in [2.75, 3.05) is 5.73 Å². The lowest BCUT2D eigenvalue weighted by Crippen LogP contribution is -2.00. The Morgan fingerprint density at radius 1 is 1.50 bits per heavy atom. The van der Waals surface area contributed by atoms with Gasteiger partial charge in [-0.1, -0.05) is 0 Å². The molecule has 0 aliphatic carbocycles. The van der Waals surface area contributed by atoms with Crippen LogP contribution < -0.4 is 5.73 Å². The summed E-state index contributed by atoms with van der Waals surface area (Å²) in [7, 11) is 0. The molecule has 0 unspecified atom stereocenters. The van der Waals surface area contributed by atoms with Gasteiger partial charge in [-0.2, -0.15) is 0 Å². The predicted octanol–water partition coefficient (Wildman–Crippen LogP) is 1.13. The molecular formula is C10H13N3O. The van der Waals surface area contributed by atoms with Gasteiger partial charge in [0.1, 0.15) is 12.4 Å². The van der Waals surface area contributed by atoms with E-state index in [-0.39, 0.29) is 6.61 Å². The molecule has 74 valence electrons. The van der Waals surface area contributed by atoms with Gasteiger partial charge in [-0.05, 0) is 25.1 Å². The molecule has 1 aromatic carbocycles. The van der Waals surface area contributed by atoms with E-state index in [4.69, 9.17) is 10.8 Å². The third-order valence-electron chi connectivity index (χ3n) is 2.31. The fraction of sp³-hybridized carbons (Fsp3) is 0.300. The first-order valence-electron chi connectivity index (χ1n) is 4.61. The smallest absolute Gasteiger partial charge is 0.135 e. The molecule has 4 heteroatoms. The van der Waals surface area contributed by atoms with E-state index >= 15 is 0 Å². The van der Waals surface area contributed by atoms with E-state index in [1.54, 1.807) is 0 Å². The largest absolute Gasteiger partial charge is 0.399 e. The standard InChI is InChI=1S/C10H13N3O/c1-2-13-9-4-3-7(11)5-8(9)12-10(13)6-14/h3-5,14H,2,6,11H2,1H3. The molecule has 0 amide bonds. The summed E-state index contributed by atoms with van der Waals surface area (Å²) >= 11 is 0. The average Bonchev–Trinajstić information content (AvgIpc) is 2.54. The predicted molar refractivity (Wildman–Crippen MR) is 55.7 cm³/mol. The lowest BCUT2D eigenvalue weighted by atomic mass is 10.3. The number of fused-ring (bicyclic) bond motifs is 1. The Morgan fingerprint density at radius 3 is 2.93 bits per heavy atom. The number of nitrogens with zero attached hydrogens (tertiary/aromatic N) is 2. The van der Waals surface area contributed by atoms with Gasteiger partial charge >= 0.3 is 0 Å². The van der Waals surface area contributed by atoms with Crippen LogP contribution in [0.5, 0.6) is 0 Å². The Kier molecular flexibility index (Phi) is 2.13. The molecule has 3 N–H and O–H groups in total. The number of benzene rings is 1. The number of nitrogens with two attached hydrogens (primary N) is 1. The normalized spacial score (nSPS) is 11.0. The molecule has 0 radical (unpaired) electrons. The number of anilines is 1. The summed E-state index contributed by atoms with van der Waals surface area (Å²) in [6, 6.07) is 5.60. The molecule has 2 aromatic rings. The summed E-state index contributed by atoms with van der Waals surface area (Å²) in [5.74, 6) is 0.688. The second-order valence-electron chi connectivity index (χ2n) is 3.18. The second kappa shape index (κ2) is 3.31. The topological polar surface area (TPSA) is 64.1 Å². The van der Waals surface area contributed by atoms with Gasteiger partial charge < -0.3 is 15.4 Å². The number of aliphatic hydroxyl groups excluding tert-OH is 1. The number of rotatable bonds is 2. The lowest BCUT2D eigenvalue weighted by Gasteiger charge is -2.02. The van der Waals surface area contributed by atoms with Crippen molar-refractivity contribution in [3.05, 3.63) is 24.0 Å². The van der Waals surface area contributed by atoms with Crippen LogP contribution in [0.1, 0.15) is 12.7 Å². The van der Waals surface area contributed by atoms with E-state index in [9.17, 15) is 0 Å². The van der Waals surface area contributed by atoms with E-state index in [1.165, 1.54) is 0 Å². The first-order valence-corrected chi connectivity index (χ1v) is 4.61. The molecule has 14 heavy (non-hydrogen) atoms. The van der Waals surface area contributed by atoms with Crippen LogP contribution in [0.3, 0.4) is 0 Å². The zero-order valence-corrected chi connectivity index (χ0v) is 8.07. The summed E-state index contributed by atoms with van der Waals surface area (Å²) in [5.41, 5.74) is 8.21. The van der Waals surface area contributed by atoms with Gasteiger partial charge in [0.05, 0.1) is 11.0 Å². The van der Waals surface area contributed by atoms with E-state index in [0.29, 0.717) is 11.5 Å². The van der Waals surface area contributed by atoms with Gasteiger partial charge in [-0.15, -0.1) is 0 Å². The van der Waals surface area contributed by atoms with Gasteiger partial charge in [0.25, 0.3) is 0 Å². The SMILES string of the molecule is CCn1c(CO)nc2cc(N)ccc21. The van der Waals surface area contributed by atoms with Gasteiger partial charge in [-0.3, -0.25) is 0 Å². The molecule has 0 saturated carbocycles. The van der Waals surface area contributed by atoms with Crippen molar-refractivity contribution < 1.29 is 5.11 Å². The molecule has 0 spiro atoms. The Morgan fingerprint density at radius 2 is 2.29 bits per heavy atom. The maximum absolute atomic E-state index is 9.11. The molecule has 4 nitrogen and oxygen atoms in total. The summed E-state index contributed by atoms with van der Waals surface area (Å²) < 4.78 is 1.98. The summed E-state index contributed by atoms with van der Waals surface area (Å²) in [5, 5.41) is 9.11. The van der Waals surface area contributed by atoms with E-state index in [1.807, 2.05) is 29.7 Å². The number of hydrogen-bond donors (Lipinski definition) is 2. The van der Waals surface area contributed by atoms with Crippen LogP contribution in [0.4, 0.5) is 5.69 Å². The number of nitrogen functional groups attached to an aromatic ring is 1. The Hall–Kier alpha value is -1.55. The number of imidazole rings is 1. The summed E-state index contributed by atoms with van der Waals surface area (Å²) in [4.78, 5) is 4.30. The molecule has 1 heterocycles. The van der Waals surface area contributed by atoms with Gasteiger partial charge in [0.2, 0.25) is 0 Å². The van der Waals surface area contributed by atoms with Crippen molar-refractivity contribution in [3.63, 3.8) is 0 Å². The fourth-order valence-corrected chi connectivity index (χ4v) is 1.67. The highest BCUT2D eigenvalue weighted by molar-refractivity contribution is 5.79. The molecule has 0 aliphatic heterocycles. The molecular weight excluding hydrogens is 178 g/mol. The first kappa shape index (κ1) is 9.02. The minimum atomic E-state index is -0.0393. The van der Waals surface area contributed by atoms with Crippen LogP contribution in [0.2, 0.25) is 0 Å². The van der Waals surface area contributed by atoms with E-state index in [2.05, 4.69) is 4.98 Å². The first-order chi connectivity index (χ1) is 6.76. The zero-order valence-electron chi connectivity index (χ0n) is 8.07.